The van der Waals surface area contributed by atoms with Crippen LogP contribution < -0.4 is 9.47 Å². The summed E-state index contributed by atoms with van der Waals surface area (Å²) in [5, 5.41) is 0. The van der Waals surface area contributed by atoms with Crippen LogP contribution in [-0.4, -0.2) is 36.4 Å². The molecular weight excluding hydrogens is 294 g/mol. The Labute approximate surface area is 135 Å². The standard InChI is InChI=1S/C18H21NO4/c1-11(20)23-13-2-3-18-4-5-19(17(18)7-13)9-12-6-15-16(8-14(12)18)22-10-21-15/h6,8,13,17H,2-5,7,9-10H2,1H3. The van der Waals surface area contributed by atoms with Crippen LogP contribution in [0.3, 0.4) is 0 Å². The van der Waals surface area contributed by atoms with Crippen LogP contribution in [0.15, 0.2) is 12.1 Å². The molecule has 0 aromatic heterocycles. The Kier molecular flexibility index (Phi) is 2.75. The second-order valence-electron chi connectivity index (χ2n) is 7.26. The summed E-state index contributed by atoms with van der Waals surface area (Å²) in [5.41, 5.74) is 3.03. The smallest absolute Gasteiger partial charge is 0.302 e. The molecule has 1 aromatic rings. The number of esters is 1. The highest BCUT2D eigenvalue weighted by atomic mass is 16.7. The van der Waals surface area contributed by atoms with Gasteiger partial charge in [0.05, 0.1) is 0 Å². The van der Waals surface area contributed by atoms with Gasteiger partial charge in [0, 0.05) is 31.3 Å². The summed E-state index contributed by atoms with van der Waals surface area (Å²) >= 11 is 0. The zero-order valence-corrected chi connectivity index (χ0v) is 13.3. The normalized spacial score (nSPS) is 36.3. The van der Waals surface area contributed by atoms with Gasteiger partial charge in [-0.2, -0.15) is 0 Å². The van der Waals surface area contributed by atoms with Crippen molar-refractivity contribution in [3.8, 4) is 11.5 Å². The van der Waals surface area contributed by atoms with E-state index in [1.165, 1.54) is 24.5 Å². The van der Waals surface area contributed by atoms with Crippen LogP contribution in [0.2, 0.25) is 0 Å². The van der Waals surface area contributed by atoms with Crippen LogP contribution in [-0.2, 0) is 21.5 Å². The average Bonchev–Trinajstić information content (AvgIpc) is 3.07. The number of fused-ring (bicyclic) bond motifs is 2. The highest BCUT2D eigenvalue weighted by Gasteiger charge is 2.55. The lowest BCUT2D eigenvalue weighted by molar-refractivity contribution is -0.149. The van der Waals surface area contributed by atoms with Crippen molar-refractivity contribution >= 4 is 5.97 Å². The number of carbonyl (C=O) groups is 1. The summed E-state index contributed by atoms with van der Waals surface area (Å²) in [6.07, 6.45) is 4.25. The Morgan fingerprint density at radius 1 is 1.30 bits per heavy atom. The van der Waals surface area contributed by atoms with Crippen LogP contribution in [0.25, 0.3) is 0 Å². The lowest BCUT2D eigenvalue weighted by Gasteiger charge is -2.48. The van der Waals surface area contributed by atoms with Crippen molar-refractivity contribution in [2.45, 2.75) is 56.7 Å². The van der Waals surface area contributed by atoms with E-state index >= 15 is 0 Å². The second kappa shape index (κ2) is 4.63. The van der Waals surface area contributed by atoms with Gasteiger partial charge in [-0.3, -0.25) is 9.69 Å². The fraction of sp³-hybridized carbons (Fsp3) is 0.611. The summed E-state index contributed by atoms with van der Waals surface area (Å²) in [6, 6.07) is 4.87. The Hall–Kier alpha value is -1.75. The topological polar surface area (TPSA) is 48.0 Å². The summed E-state index contributed by atoms with van der Waals surface area (Å²) in [6.45, 7) is 3.92. The van der Waals surface area contributed by atoms with Crippen molar-refractivity contribution in [2.24, 2.45) is 0 Å². The van der Waals surface area contributed by atoms with Crippen LogP contribution in [0.1, 0.15) is 43.7 Å². The predicted molar refractivity (Wildman–Crippen MR) is 82.5 cm³/mol. The van der Waals surface area contributed by atoms with Gasteiger partial charge in [-0.25, -0.2) is 0 Å². The second-order valence-corrected chi connectivity index (χ2v) is 7.26. The van der Waals surface area contributed by atoms with Gasteiger partial charge in [0.15, 0.2) is 11.5 Å². The minimum absolute atomic E-state index is 0.0711. The maximum atomic E-state index is 11.3. The van der Waals surface area contributed by atoms with Gasteiger partial charge in [0.25, 0.3) is 0 Å². The SMILES string of the molecule is CC(=O)OC1CCC23CCN(Cc4cc5c(cc42)OCO5)C3C1. The number of rotatable bonds is 1. The number of hydrogen-bond donors (Lipinski definition) is 0. The van der Waals surface area contributed by atoms with Crippen LogP contribution in [0.5, 0.6) is 11.5 Å². The Balaban J connectivity index is 1.54. The molecule has 2 fully saturated rings. The molecule has 4 atom stereocenters. The fourth-order valence-electron chi connectivity index (χ4n) is 5.24. The van der Waals surface area contributed by atoms with E-state index in [2.05, 4.69) is 17.0 Å². The van der Waals surface area contributed by atoms with Crippen LogP contribution in [0, 0.1) is 0 Å². The van der Waals surface area contributed by atoms with E-state index in [-0.39, 0.29) is 17.5 Å². The first-order valence-electron chi connectivity index (χ1n) is 8.50. The molecule has 0 spiro atoms. The van der Waals surface area contributed by atoms with Crippen molar-refractivity contribution in [2.75, 3.05) is 13.3 Å². The minimum Gasteiger partial charge on any atom is -0.463 e. The van der Waals surface area contributed by atoms with Gasteiger partial charge in [0.1, 0.15) is 6.10 Å². The molecule has 3 heterocycles. The van der Waals surface area contributed by atoms with Crippen molar-refractivity contribution in [3.63, 3.8) is 0 Å². The average molecular weight is 315 g/mol. The molecule has 1 aliphatic carbocycles. The molecule has 0 amide bonds. The van der Waals surface area contributed by atoms with Crippen LogP contribution in [0.4, 0.5) is 0 Å². The molecule has 5 nitrogen and oxygen atoms in total. The number of benzene rings is 1. The Bertz CT molecular complexity index is 688. The largest absolute Gasteiger partial charge is 0.463 e. The molecule has 2 bridgehead atoms. The number of hydrogen-bond acceptors (Lipinski definition) is 5. The summed E-state index contributed by atoms with van der Waals surface area (Å²) in [5.74, 6) is 1.61. The maximum Gasteiger partial charge on any atom is 0.302 e. The molecule has 23 heavy (non-hydrogen) atoms. The van der Waals surface area contributed by atoms with E-state index in [1.54, 1.807) is 0 Å². The van der Waals surface area contributed by atoms with E-state index in [1.807, 2.05) is 0 Å². The van der Waals surface area contributed by atoms with E-state index in [4.69, 9.17) is 14.2 Å². The predicted octanol–water partition coefficient (Wildman–Crippen LogP) is 2.36. The quantitative estimate of drug-likeness (QED) is 0.745. The lowest BCUT2D eigenvalue weighted by Crippen LogP contribution is -2.52. The molecule has 1 aromatic carbocycles. The Morgan fingerprint density at radius 2 is 2.13 bits per heavy atom. The summed E-state index contributed by atoms with van der Waals surface area (Å²) in [4.78, 5) is 13.9. The van der Waals surface area contributed by atoms with E-state index in [0.29, 0.717) is 12.8 Å². The van der Waals surface area contributed by atoms with E-state index in [0.717, 1.165) is 43.9 Å². The van der Waals surface area contributed by atoms with E-state index < -0.39 is 0 Å². The molecule has 4 unspecified atom stereocenters. The number of carbonyl (C=O) groups excluding carboxylic acids is 1. The molecule has 5 rings (SSSR count). The van der Waals surface area contributed by atoms with Gasteiger partial charge >= 0.3 is 5.97 Å². The molecule has 0 radical (unpaired) electrons. The van der Waals surface area contributed by atoms with E-state index in [9.17, 15) is 4.79 Å². The zero-order chi connectivity index (χ0) is 15.6. The third kappa shape index (κ3) is 1.86. The third-order valence-corrected chi connectivity index (χ3v) is 6.16. The molecule has 3 aliphatic heterocycles. The van der Waals surface area contributed by atoms with Gasteiger partial charge in [0.2, 0.25) is 6.79 Å². The lowest BCUT2D eigenvalue weighted by atomic mass is 9.63. The van der Waals surface area contributed by atoms with Crippen molar-refractivity contribution < 1.29 is 19.0 Å². The van der Waals surface area contributed by atoms with Gasteiger partial charge < -0.3 is 14.2 Å². The molecule has 0 N–H and O–H groups in total. The van der Waals surface area contributed by atoms with Crippen molar-refractivity contribution in [1.82, 2.24) is 4.90 Å². The zero-order valence-electron chi connectivity index (χ0n) is 13.3. The van der Waals surface area contributed by atoms with Gasteiger partial charge in [-0.1, -0.05) is 0 Å². The summed E-state index contributed by atoms with van der Waals surface area (Å²) in [7, 11) is 0. The summed E-state index contributed by atoms with van der Waals surface area (Å²) < 4.78 is 16.7. The number of ether oxygens (including phenoxy) is 3. The Morgan fingerprint density at radius 3 is 2.96 bits per heavy atom. The highest BCUT2D eigenvalue weighted by molar-refractivity contribution is 5.66. The number of nitrogens with zero attached hydrogens (tertiary/aromatic N) is 1. The highest BCUT2D eigenvalue weighted by Crippen LogP contribution is 2.55. The van der Waals surface area contributed by atoms with Gasteiger partial charge in [-0.15, -0.1) is 0 Å². The minimum atomic E-state index is -0.159. The first-order chi connectivity index (χ1) is 11.2. The first-order valence-corrected chi connectivity index (χ1v) is 8.50. The molecule has 1 saturated heterocycles. The van der Waals surface area contributed by atoms with Gasteiger partial charge in [-0.05, 0) is 49.1 Å². The van der Waals surface area contributed by atoms with Crippen molar-refractivity contribution in [1.29, 1.82) is 0 Å². The first kappa shape index (κ1) is 13.7. The molecule has 122 valence electrons. The monoisotopic (exact) mass is 315 g/mol. The molecular formula is C18H21NO4. The third-order valence-electron chi connectivity index (χ3n) is 6.16. The molecule has 5 heteroatoms. The molecule has 1 saturated carbocycles. The maximum absolute atomic E-state index is 11.3. The molecule has 4 aliphatic rings. The van der Waals surface area contributed by atoms with Crippen molar-refractivity contribution in [3.05, 3.63) is 23.3 Å². The van der Waals surface area contributed by atoms with Crippen LogP contribution >= 0.6 is 0 Å². The fourth-order valence-corrected chi connectivity index (χ4v) is 5.24.